The highest BCUT2D eigenvalue weighted by Crippen LogP contribution is 2.38. The van der Waals surface area contributed by atoms with Crippen LogP contribution in [0.5, 0.6) is 5.75 Å². The SMILES string of the molecule is CNCC(=Cc1ccc(OCCC#N)cc1)B1OC(C)(C)C(C)(C)O1. The van der Waals surface area contributed by atoms with E-state index in [0.29, 0.717) is 19.6 Å². The molecule has 0 saturated carbocycles. The van der Waals surface area contributed by atoms with Crippen molar-refractivity contribution in [2.45, 2.75) is 45.3 Å². The number of nitrogens with one attached hydrogen (secondary N) is 1. The van der Waals surface area contributed by atoms with Gasteiger partial charge in [-0.25, -0.2) is 0 Å². The summed E-state index contributed by atoms with van der Waals surface area (Å²) >= 11 is 0. The van der Waals surface area contributed by atoms with Gasteiger partial charge in [0.1, 0.15) is 12.4 Å². The van der Waals surface area contributed by atoms with Crippen molar-refractivity contribution in [3.05, 3.63) is 35.3 Å². The summed E-state index contributed by atoms with van der Waals surface area (Å²) in [5.74, 6) is 0.762. The zero-order valence-corrected chi connectivity index (χ0v) is 15.8. The van der Waals surface area contributed by atoms with Crippen molar-refractivity contribution in [2.75, 3.05) is 20.2 Å². The first-order valence-electron chi connectivity index (χ1n) is 8.59. The predicted octanol–water partition coefficient (Wildman–Crippen LogP) is 3.21. The van der Waals surface area contributed by atoms with Gasteiger partial charge in [0.25, 0.3) is 0 Å². The van der Waals surface area contributed by atoms with Gasteiger partial charge in [-0.15, -0.1) is 0 Å². The molecule has 6 heteroatoms. The Labute approximate surface area is 151 Å². The molecule has 0 atom stereocenters. The van der Waals surface area contributed by atoms with E-state index in [-0.39, 0.29) is 18.3 Å². The second-order valence-electron chi connectivity index (χ2n) is 7.16. The van der Waals surface area contributed by atoms with Gasteiger partial charge in [0, 0.05) is 6.54 Å². The van der Waals surface area contributed by atoms with Crippen LogP contribution in [0.2, 0.25) is 0 Å². The molecule has 1 fully saturated rings. The molecular formula is C19H27BN2O3. The number of nitriles is 1. The smallest absolute Gasteiger partial charge is 0.491 e. The van der Waals surface area contributed by atoms with Crippen LogP contribution < -0.4 is 10.1 Å². The Balaban J connectivity index is 2.13. The molecule has 0 aromatic heterocycles. The second kappa shape index (κ2) is 8.05. The molecule has 0 spiro atoms. The normalized spacial score (nSPS) is 18.9. The minimum atomic E-state index is -0.371. The largest absolute Gasteiger partial charge is 0.493 e. The van der Waals surface area contributed by atoms with E-state index in [1.54, 1.807) is 0 Å². The summed E-state index contributed by atoms with van der Waals surface area (Å²) in [7, 11) is 1.54. The molecule has 25 heavy (non-hydrogen) atoms. The first-order chi connectivity index (χ1) is 11.8. The highest BCUT2D eigenvalue weighted by Gasteiger charge is 2.52. The second-order valence-corrected chi connectivity index (χ2v) is 7.16. The van der Waals surface area contributed by atoms with Crippen molar-refractivity contribution in [1.29, 1.82) is 5.26 Å². The summed E-state index contributed by atoms with van der Waals surface area (Å²) in [6.07, 6.45) is 2.47. The van der Waals surface area contributed by atoms with Crippen LogP contribution in [0.25, 0.3) is 6.08 Å². The summed E-state index contributed by atoms with van der Waals surface area (Å²) in [5, 5.41) is 11.7. The average Bonchev–Trinajstić information content (AvgIpc) is 2.77. The lowest BCUT2D eigenvalue weighted by atomic mass is 9.77. The van der Waals surface area contributed by atoms with Crippen molar-refractivity contribution in [1.82, 2.24) is 5.32 Å². The zero-order chi connectivity index (χ0) is 18.5. The summed E-state index contributed by atoms with van der Waals surface area (Å²) in [4.78, 5) is 0. The minimum absolute atomic E-state index is 0.358. The highest BCUT2D eigenvalue weighted by molar-refractivity contribution is 6.55. The fourth-order valence-electron chi connectivity index (χ4n) is 2.49. The van der Waals surface area contributed by atoms with Crippen molar-refractivity contribution in [3.8, 4) is 11.8 Å². The molecule has 0 unspecified atom stereocenters. The molecule has 1 aliphatic heterocycles. The molecular weight excluding hydrogens is 315 g/mol. The van der Waals surface area contributed by atoms with E-state index in [1.165, 1.54) is 0 Å². The standard InChI is InChI=1S/C19H27BN2O3/c1-18(2)19(3,4)25-20(24-18)16(14-22-5)13-15-7-9-17(10-8-15)23-12-6-11-21/h7-10,13,22H,6,12,14H2,1-5H3. The number of hydrogen-bond acceptors (Lipinski definition) is 5. The van der Waals surface area contributed by atoms with E-state index in [1.807, 2.05) is 31.3 Å². The molecule has 1 saturated heterocycles. The van der Waals surface area contributed by atoms with Gasteiger partial charge in [-0.3, -0.25) is 0 Å². The highest BCUT2D eigenvalue weighted by atomic mass is 16.7. The van der Waals surface area contributed by atoms with Gasteiger partial charge in [-0.2, -0.15) is 5.26 Å². The van der Waals surface area contributed by atoms with Gasteiger partial charge in [-0.1, -0.05) is 18.2 Å². The number of ether oxygens (including phenoxy) is 1. The topological polar surface area (TPSA) is 63.5 Å². The van der Waals surface area contributed by atoms with Crippen LogP contribution in [-0.2, 0) is 9.31 Å². The third-order valence-electron chi connectivity index (χ3n) is 4.65. The Hall–Kier alpha value is -1.81. The van der Waals surface area contributed by atoms with Crippen LogP contribution >= 0.6 is 0 Å². The van der Waals surface area contributed by atoms with E-state index >= 15 is 0 Å². The molecule has 0 bridgehead atoms. The number of likely N-dealkylation sites (N-methyl/N-ethyl adjacent to an activating group) is 1. The van der Waals surface area contributed by atoms with E-state index < -0.39 is 0 Å². The van der Waals surface area contributed by atoms with Crippen molar-refractivity contribution >= 4 is 13.2 Å². The van der Waals surface area contributed by atoms with Gasteiger partial charge in [0.15, 0.2) is 0 Å². The Kier molecular flexibility index (Phi) is 6.28. The number of benzene rings is 1. The number of rotatable bonds is 7. The third kappa shape index (κ3) is 4.85. The monoisotopic (exact) mass is 342 g/mol. The van der Waals surface area contributed by atoms with Crippen molar-refractivity contribution < 1.29 is 14.0 Å². The summed E-state index contributed by atoms with van der Waals surface area (Å²) in [6.45, 7) is 9.30. The Bertz CT molecular complexity index is 632. The van der Waals surface area contributed by atoms with E-state index in [9.17, 15) is 0 Å². The summed E-state index contributed by atoms with van der Waals surface area (Å²) < 4.78 is 17.8. The molecule has 134 valence electrons. The molecule has 2 rings (SSSR count). The van der Waals surface area contributed by atoms with Crippen LogP contribution in [-0.4, -0.2) is 38.5 Å². The average molecular weight is 342 g/mol. The molecule has 1 aromatic carbocycles. The third-order valence-corrected chi connectivity index (χ3v) is 4.65. The fraction of sp³-hybridized carbons (Fsp3) is 0.526. The van der Waals surface area contributed by atoms with Crippen LogP contribution in [0, 0.1) is 11.3 Å². The Morgan fingerprint density at radius 3 is 2.32 bits per heavy atom. The maximum Gasteiger partial charge on any atom is 0.491 e. The number of nitrogens with zero attached hydrogens (tertiary/aromatic N) is 1. The quantitative estimate of drug-likeness (QED) is 0.609. The first-order valence-corrected chi connectivity index (χ1v) is 8.59. The Morgan fingerprint density at radius 2 is 1.80 bits per heavy atom. The zero-order valence-electron chi connectivity index (χ0n) is 15.8. The molecule has 0 aliphatic carbocycles. The molecule has 0 radical (unpaired) electrons. The predicted molar refractivity (Wildman–Crippen MR) is 100 cm³/mol. The van der Waals surface area contributed by atoms with E-state index in [0.717, 1.165) is 16.8 Å². The molecule has 0 amide bonds. The van der Waals surface area contributed by atoms with Gasteiger partial charge >= 0.3 is 7.12 Å². The summed E-state index contributed by atoms with van der Waals surface area (Å²) in [5.41, 5.74) is 1.37. The minimum Gasteiger partial charge on any atom is -0.493 e. The van der Waals surface area contributed by atoms with E-state index in [4.69, 9.17) is 19.3 Å². The van der Waals surface area contributed by atoms with Crippen molar-refractivity contribution in [2.24, 2.45) is 0 Å². The van der Waals surface area contributed by atoms with Gasteiger partial charge < -0.3 is 19.4 Å². The van der Waals surface area contributed by atoms with Gasteiger partial charge in [-0.05, 0) is 57.9 Å². The number of hydrogen-bond donors (Lipinski definition) is 1. The maximum absolute atomic E-state index is 8.55. The Morgan fingerprint density at radius 1 is 1.20 bits per heavy atom. The van der Waals surface area contributed by atoms with E-state index in [2.05, 4.69) is 45.2 Å². The molecule has 1 heterocycles. The lowest BCUT2D eigenvalue weighted by Gasteiger charge is -2.32. The maximum atomic E-state index is 8.55. The molecule has 1 aromatic rings. The first kappa shape index (κ1) is 19.5. The fourth-order valence-corrected chi connectivity index (χ4v) is 2.49. The molecule has 5 nitrogen and oxygen atoms in total. The van der Waals surface area contributed by atoms with Crippen LogP contribution in [0.15, 0.2) is 29.7 Å². The summed E-state index contributed by atoms with van der Waals surface area (Å²) in [6, 6.07) is 9.86. The molecule has 1 aliphatic rings. The van der Waals surface area contributed by atoms with Gasteiger partial charge in [0.05, 0.1) is 23.7 Å². The van der Waals surface area contributed by atoms with Crippen LogP contribution in [0.1, 0.15) is 39.7 Å². The van der Waals surface area contributed by atoms with Gasteiger partial charge in [0.2, 0.25) is 0 Å². The lowest BCUT2D eigenvalue weighted by molar-refractivity contribution is 0.00578. The van der Waals surface area contributed by atoms with Crippen molar-refractivity contribution in [3.63, 3.8) is 0 Å². The molecule has 1 N–H and O–H groups in total. The van der Waals surface area contributed by atoms with Crippen LogP contribution in [0.3, 0.4) is 0 Å². The van der Waals surface area contributed by atoms with Crippen LogP contribution in [0.4, 0.5) is 0 Å². The lowest BCUT2D eigenvalue weighted by Crippen LogP contribution is -2.41.